The van der Waals surface area contributed by atoms with Gasteiger partial charge in [-0.1, -0.05) is 6.42 Å². The number of nitrogens with two attached hydrogens (primary N) is 2. The number of amides is 3. The molecule has 0 fully saturated rings. The van der Waals surface area contributed by atoms with E-state index in [1.54, 1.807) is 0 Å². The molecular formula is C15H29N5O5S. The zero-order valence-corrected chi connectivity index (χ0v) is 15.9. The highest BCUT2D eigenvalue weighted by Gasteiger charge is 2.26. The minimum Gasteiger partial charge on any atom is -0.480 e. The lowest BCUT2D eigenvalue weighted by Gasteiger charge is -2.22. The molecule has 150 valence electrons. The highest BCUT2D eigenvalue weighted by Crippen LogP contribution is 2.00. The van der Waals surface area contributed by atoms with Gasteiger partial charge in [0.15, 0.2) is 0 Å². The second kappa shape index (κ2) is 12.5. The topological polar surface area (TPSA) is 177 Å². The van der Waals surface area contributed by atoms with Crippen LogP contribution < -0.4 is 27.4 Å². The van der Waals surface area contributed by atoms with Crippen molar-refractivity contribution in [3.8, 4) is 0 Å². The van der Waals surface area contributed by atoms with Crippen molar-refractivity contribution in [1.82, 2.24) is 16.0 Å². The van der Waals surface area contributed by atoms with Crippen molar-refractivity contribution < 1.29 is 24.3 Å². The number of hydrogen-bond donors (Lipinski definition) is 7. The molecule has 0 aromatic heterocycles. The van der Waals surface area contributed by atoms with Crippen LogP contribution in [0.15, 0.2) is 0 Å². The van der Waals surface area contributed by atoms with Gasteiger partial charge in [0.05, 0.1) is 6.04 Å². The van der Waals surface area contributed by atoms with E-state index < -0.39 is 47.9 Å². The molecule has 0 aromatic rings. The van der Waals surface area contributed by atoms with E-state index in [2.05, 4.69) is 28.6 Å². The van der Waals surface area contributed by atoms with Gasteiger partial charge in [-0.2, -0.15) is 12.6 Å². The van der Waals surface area contributed by atoms with Gasteiger partial charge in [0.1, 0.15) is 18.1 Å². The fraction of sp³-hybridized carbons (Fsp3) is 0.733. The molecular weight excluding hydrogens is 362 g/mol. The number of carboxylic acids is 1. The number of hydrogen-bond acceptors (Lipinski definition) is 7. The summed E-state index contributed by atoms with van der Waals surface area (Å²) in [6.07, 6.45) is 1.89. The Morgan fingerprint density at radius 3 is 2.04 bits per heavy atom. The van der Waals surface area contributed by atoms with Crippen LogP contribution in [0.1, 0.15) is 33.1 Å². The number of carbonyl (C=O) groups is 4. The molecule has 0 spiro atoms. The zero-order chi connectivity index (χ0) is 20.3. The highest BCUT2D eigenvalue weighted by atomic mass is 32.1. The first-order valence-corrected chi connectivity index (χ1v) is 8.97. The summed E-state index contributed by atoms with van der Waals surface area (Å²) in [5, 5.41) is 15.9. The molecule has 0 aliphatic carbocycles. The Morgan fingerprint density at radius 1 is 0.962 bits per heavy atom. The summed E-state index contributed by atoms with van der Waals surface area (Å²) < 4.78 is 0. The summed E-state index contributed by atoms with van der Waals surface area (Å²) in [5.74, 6) is -2.95. The van der Waals surface area contributed by atoms with E-state index in [1.807, 2.05) is 0 Å². The van der Waals surface area contributed by atoms with Crippen LogP contribution in [0.2, 0.25) is 0 Å². The fourth-order valence-electron chi connectivity index (χ4n) is 1.89. The molecule has 0 bridgehead atoms. The highest BCUT2D eigenvalue weighted by molar-refractivity contribution is 7.80. The van der Waals surface area contributed by atoms with E-state index in [4.69, 9.17) is 16.6 Å². The third-order valence-electron chi connectivity index (χ3n) is 3.60. The number of nitrogens with one attached hydrogen (secondary N) is 3. The van der Waals surface area contributed by atoms with E-state index in [0.29, 0.717) is 19.4 Å². The molecule has 0 radical (unpaired) electrons. The van der Waals surface area contributed by atoms with E-state index >= 15 is 0 Å². The number of rotatable bonds is 12. The maximum Gasteiger partial charge on any atom is 0.325 e. The molecule has 0 heterocycles. The Kier molecular flexibility index (Phi) is 11.6. The third kappa shape index (κ3) is 9.02. The van der Waals surface area contributed by atoms with Crippen LogP contribution >= 0.6 is 12.6 Å². The molecule has 26 heavy (non-hydrogen) atoms. The first-order chi connectivity index (χ1) is 12.1. The Labute approximate surface area is 158 Å². The fourth-order valence-corrected chi connectivity index (χ4v) is 2.15. The van der Waals surface area contributed by atoms with Crippen molar-refractivity contribution >= 4 is 36.3 Å². The molecule has 10 nitrogen and oxygen atoms in total. The standard InChI is InChI=1S/C15H29N5O5S/c1-8(12(21)19-9(2)15(24)25)18-14(23)11(7-26)20-13(22)10(17)5-3-4-6-16/h8-11,26H,3-7,16-17H2,1-2H3,(H,18,23)(H,19,21)(H,20,22)(H,24,25). The number of carbonyl (C=O) groups excluding carboxylic acids is 3. The van der Waals surface area contributed by atoms with Gasteiger partial charge >= 0.3 is 5.97 Å². The van der Waals surface area contributed by atoms with Crippen molar-refractivity contribution in [2.24, 2.45) is 11.5 Å². The van der Waals surface area contributed by atoms with Crippen LogP contribution in [0.25, 0.3) is 0 Å². The molecule has 3 amide bonds. The second-order valence-electron chi connectivity index (χ2n) is 5.93. The van der Waals surface area contributed by atoms with Crippen molar-refractivity contribution in [3.63, 3.8) is 0 Å². The minimum atomic E-state index is -1.19. The normalized spacial score (nSPS) is 15.3. The summed E-state index contributed by atoms with van der Waals surface area (Å²) >= 11 is 4.03. The molecule has 4 unspecified atom stereocenters. The van der Waals surface area contributed by atoms with Gasteiger partial charge in [-0.05, 0) is 33.2 Å². The summed E-state index contributed by atoms with van der Waals surface area (Å²) in [6, 6.07) is -3.82. The predicted octanol–water partition coefficient (Wildman–Crippen LogP) is -2.05. The SMILES string of the molecule is CC(NC(=O)C(C)NC(=O)C(CS)NC(=O)C(N)CCCCN)C(=O)O. The zero-order valence-electron chi connectivity index (χ0n) is 15.0. The summed E-state index contributed by atoms with van der Waals surface area (Å²) in [5.41, 5.74) is 11.1. The molecule has 0 aliphatic rings. The number of thiol groups is 1. The summed E-state index contributed by atoms with van der Waals surface area (Å²) in [7, 11) is 0. The van der Waals surface area contributed by atoms with E-state index in [-0.39, 0.29) is 5.75 Å². The van der Waals surface area contributed by atoms with E-state index in [0.717, 1.165) is 6.42 Å². The van der Waals surface area contributed by atoms with Gasteiger partial charge in [-0.3, -0.25) is 19.2 Å². The van der Waals surface area contributed by atoms with Crippen LogP contribution in [0.3, 0.4) is 0 Å². The predicted molar refractivity (Wildman–Crippen MR) is 99.5 cm³/mol. The Hall–Kier alpha value is -1.85. The molecule has 11 heteroatoms. The van der Waals surface area contributed by atoms with Gasteiger partial charge in [-0.25, -0.2) is 0 Å². The lowest BCUT2D eigenvalue weighted by atomic mass is 10.1. The van der Waals surface area contributed by atoms with Crippen LogP contribution in [0, 0.1) is 0 Å². The van der Waals surface area contributed by atoms with Gasteiger partial charge < -0.3 is 32.5 Å². The summed E-state index contributed by atoms with van der Waals surface area (Å²) in [4.78, 5) is 46.8. The molecule has 0 rings (SSSR count). The molecule has 0 aromatic carbocycles. The average Bonchev–Trinajstić information content (AvgIpc) is 2.58. The first kappa shape index (κ1) is 24.1. The quantitative estimate of drug-likeness (QED) is 0.148. The Morgan fingerprint density at radius 2 is 1.54 bits per heavy atom. The molecule has 0 saturated heterocycles. The lowest BCUT2D eigenvalue weighted by molar-refractivity contribution is -0.141. The van der Waals surface area contributed by atoms with Crippen LogP contribution in [-0.2, 0) is 19.2 Å². The van der Waals surface area contributed by atoms with Crippen molar-refractivity contribution in [3.05, 3.63) is 0 Å². The molecule has 4 atom stereocenters. The van der Waals surface area contributed by atoms with E-state index in [1.165, 1.54) is 13.8 Å². The Balaban J connectivity index is 4.56. The molecule has 0 aliphatic heterocycles. The minimum absolute atomic E-state index is 0.00691. The van der Waals surface area contributed by atoms with Crippen molar-refractivity contribution in [2.45, 2.75) is 57.3 Å². The van der Waals surface area contributed by atoms with Gasteiger partial charge in [0.2, 0.25) is 17.7 Å². The molecule has 0 saturated carbocycles. The number of carboxylic acid groups (broad SMARTS) is 1. The Bertz CT molecular complexity index is 505. The van der Waals surface area contributed by atoms with Gasteiger partial charge in [0, 0.05) is 5.75 Å². The van der Waals surface area contributed by atoms with Crippen LogP contribution in [-0.4, -0.2) is 65.3 Å². The largest absolute Gasteiger partial charge is 0.480 e. The van der Waals surface area contributed by atoms with Crippen LogP contribution in [0.5, 0.6) is 0 Å². The number of aliphatic carboxylic acids is 1. The van der Waals surface area contributed by atoms with Crippen molar-refractivity contribution in [2.75, 3.05) is 12.3 Å². The molecule has 8 N–H and O–H groups in total. The van der Waals surface area contributed by atoms with Crippen molar-refractivity contribution in [1.29, 1.82) is 0 Å². The third-order valence-corrected chi connectivity index (χ3v) is 3.97. The van der Waals surface area contributed by atoms with Gasteiger partial charge in [0.25, 0.3) is 0 Å². The second-order valence-corrected chi connectivity index (χ2v) is 6.30. The lowest BCUT2D eigenvalue weighted by Crippen LogP contribution is -2.56. The monoisotopic (exact) mass is 391 g/mol. The maximum atomic E-state index is 12.2. The first-order valence-electron chi connectivity index (χ1n) is 8.34. The maximum absolute atomic E-state index is 12.2. The van der Waals surface area contributed by atoms with E-state index in [9.17, 15) is 19.2 Å². The average molecular weight is 391 g/mol. The van der Waals surface area contributed by atoms with Gasteiger partial charge in [-0.15, -0.1) is 0 Å². The summed E-state index contributed by atoms with van der Waals surface area (Å²) in [6.45, 7) is 3.21. The number of unbranched alkanes of at least 4 members (excludes halogenated alkanes) is 1. The smallest absolute Gasteiger partial charge is 0.325 e. The van der Waals surface area contributed by atoms with Crippen LogP contribution in [0.4, 0.5) is 0 Å².